The molecule has 2 amide bonds. The van der Waals surface area contributed by atoms with Gasteiger partial charge in [0.25, 0.3) is 0 Å². The third-order valence-electron chi connectivity index (χ3n) is 9.12. The molecule has 0 radical (unpaired) electrons. The lowest BCUT2D eigenvalue weighted by Crippen LogP contribution is -2.52. The summed E-state index contributed by atoms with van der Waals surface area (Å²) in [5.74, 6) is 5.49. The number of carbonyl (C=O) groups is 3. The van der Waals surface area contributed by atoms with Gasteiger partial charge in [0.2, 0.25) is 11.8 Å². The Morgan fingerprint density at radius 2 is 1.79 bits per heavy atom. The maximum Gasteiger partial charge on any atom is 0.310 e. The molecule has 2 aromatic carbocycles. The Hall–Kier alpha value is -4.16. The normalized spacial score (nSPS) is 21.3. The third-order valence-corrected chi connectivity index (χ3v) is 9.47. The molecule has 2 fully saturated rings. The fraction of sp³-hybridized carbons (Fsp3) is 0.500. The van der Waals surface area contributed by atoms with Crippen LogP contribution in [-0.4, -0.2) is 73.6 Å². The molecule has 0 spiro atoms. The van der Waals surface area contributed by atoms with Crippen LogP contribution in [0.5, 0.6) is 17.2 Å². The van der Waals surface area contributed by atoms with Crippen molar-refractivity contribution >= 4 is 29.4 Å². The zero-order chi connectivity index (χ0) is 33.7. The zero-order valence-electron chi connectivity index (χ0n) is 27.2. The van der Waals surface area contributed by atoms with Gasteiger partial charge in [-0.2, -0.15) is 0 Å². The van der Waals surface area contributed by atoms with Crippen LogP contribution in [0.25, 0.3) is 0 Å². The van der Waals surface area contributed by atoms with Gasteiger partial charge >= 0.3 is 5.97 Å². The van der Waals surface area contributed by atoms with E-state index < -0.39 is 24.0 Å². The first-order chi connectivity index (χ1) is 22.6. The number of esters is 1. The van der Waals surface area contributed by atoms with E-state index in [1.807, 2.05) is 0 Å². The molecule has 3 unspecified atom stereocenters. The molecule has 3 atom stereocenters. The van der Waals surface area contributed by atoms with E-state index in [1.54, 1.807) is 67.6 Å². The number of hydrogen-bond donors (Lipinski definition) is 2. The summed E-state index contributed by atoms with van der Waals surface area (Å²) < 4.78 is 22.7. The smallest absolute Gasteiger partial charge is 0.310 e. The van der Waals surface area contributed by atoms with Gasteiger partial charge in [-0.1, -0.05) is 24.4 Å². The summed E-state index contributed by atoms with van der Waals surface area (Å²) in [6.45, 7) is 0.866. The first-order valence-electron chi connectivity index (χ1n) is 16.0. The highest BCUT2D eigenvalue weighted by molar-refractivity contribution is 6.31. The van der Waals surface area contributed by atoms with E-state index in [2.05, 4.69) is 0 Å². The van der Waals surface area contributed by atoms with E-state index in [4.69, 9.17) is 42.1 Å². The molecule has 47 heavy (non-hydrogen) atoms. The van der Waals surface area contributed by atoms with Crippen LogP contribution in [0, 0.1) is 11.8 Å². The number of rotatable bonds is 11. The second-order valence-corrected chi connectivity index (χ2v) is 12.6. The first kappa shape index (κ1) is 34.2. The molecule has 2 aromatic rings. The fourth-order valence-electron chi connectivity index (χ4n) is 6.88. The van der Waals surface area contributed by atoms with Crippen molar-refractivity contribution in [3.05, 3.63) is 63.9 Å². The molecule has 0 aromatic heterocycles. The highest BCUT2D eigenvalue weighted by Crippen LogP contribution is 2.45. The van der Waals surface area contributed by atoms with Crippen LogP contribution in [0.2, 0.25) is 5.02 Å². The number of halogens is 1. The molecule has 1 saturated carbocycles. The summed E-state index contributed by atoms with van der Waals surface area (Å²) in [5.41, 5.74) is 8.70. The number of ether oxygens (including phenoxy) is 4. The highest BCUT2D eigenvalue weighted by atomic mass is 35.5. The van der Waals surface area contributed by atoms with Gasteiger partial charge in [0, 0.05) is 55.0 Å². The summed E-state index contributed by atoms with van der Waals surface area (Å²) in [5, 5.41) is 1.87. The molecule has 4 N–H and O–H groups in total. The van der Waals surface area contributed by atoms with Gasteiger partial charge in [-0.3, -0.25) is 14.4 Å². The fourth-order valence-corrected chi connectivity index (χ4v) is 7.14. The number of fused-ring (bicyclic) bond motifs is 1. The summed E-state index contributed by atoms with van der Waals surface area (Å²) in [4.78, 5) is 45.0. The maximum atomic E-state index is 14.6. The Labute approximate surface area is 280 Å². The lowest BCUT2D eigenvalue weighted by molar-refractivity contribution is -0.162. The predicted octanol–water partition coefficient (Wildman–Crippen LogP) is 3.90. The van der Waals surface area contributed by atoms with Crippen molar-refractivity contribution in [2.24, 2.45) is 23.4 Å². The van der Waals surface area contributed by atoms with Gasteiger partial charge in [-0.15, -0.1) is 0 Å². The van der Waals surface area contributed by atoms with Gasteiger partial charge in [0.15, 0.2) is 0 Å². The Morgan fingerprint density at radius 3 is 2.47 bits per heavy atom. The lowest BCUT2D eigenvalue weighted by atomic mass is 9.78. The number of amides is 2. The standard InChI is InChI=1S/C34H44ClN5O7/c1-38(37)18-22(36)20-46-28-13-12-27(35)26-14-16-40(32(31(26)28)39-15-6-9-30(39)41)33(42)24-7-4-5-8-25(24)34(43)47-19-21-10-11-23(44-2)17-29(21)45-3/h10-13,17-18,24-25,32H,4-9,14-16,19-20,36-37H2,1-3H3/b22-18-. The van der Waals surface area contributed by atoms with Crippen molar-refractivity contribution in [2.45, 2.75) is 57.7 Å². The van der Waals surface area contributed by atoms with Crippen LogP contribution in [0.1, 0.15) is 61.4 Å². The second kappa shape index (κ2) is 15.2. The average molecular weight is 670 g/mol. The predicted molar refractivity (Wildman–Crippen MR) is 175 cm³/mol. The molecule has 1 aliphatic carbocycles. The van der Waals surface area contributed by atoms with E-state index in [0.717, 1.165) is 18.4 Å². The molecule has 1 saturated heterocycles. The van der Waals surface area contributed by atoms with Crippen LogP contribution in [0.15, 0.2) is 42.2 Å². The molecule has 2 heterocycles. The summed E-state index contributed by atoms with van der Waals surface area (Å²) in [6, 6.07) is 8.81. The minimum absolute atomic E-state index is 0.00211. The third kappa shape index (κ3) is 7.54. The van der Waals surface area contributed by atoms with Gasteiger partial charge < -0.3 is 39.5 Å². The largest absolute Gasteiger partial charge is 0.497 e. The number of nitrogens with zero attached hydrogens (tertiary/aromatic N) is 3. The van der Waals surface area contributed by atoms with E-state index >= 15 is 0 Å². The van der Waals surface area contributed by atoms with Gasteiger partial charge in [-0.05, 0) is 55.5 Å². The zero-order valence-corrected chi connectivity index (χ0v) is 28.0. The van der Waals surface area contributed by atoms with E-state index in [-0.39, 0.29) is 25.0 Å². The number of benzene rings is 2. The Morgan fingerprint density at radius 1 is 1.02 bits per heavy atom. The SMILES string of the molecule is COc1ccc(COC(=O)C2CCCCC2C(=O)N2CCc3c(Cl)ccc(OC/C(N)=C/N(C)N)c3C2N2CCCC2=O)c(OC)c1. The molecule has 0 bridgehead atoms. The monoisotopic (exact) mass is 669 g/mol. The number of likely N-dealkylation sites (tertiary alicyclic amines) is 1. The van der Waals surface area contributed by atoms with Crippen LogP contribution in [-0.2, 0) is 32.1 Å². The summed E-state index contributed by atoms with van der Waals surface area (Å²) in [7, 11) is 4.76. The van der Waals surface area contributed by atoms with Crippen molar-refractivity contribution in [3.8, 4) is 17.2 Å². The van der Waals surface area contributed by atoms with E-state index in [9.17, 15) is 14.4 Å². The minimum Gasteiger partial charge on any atom is -0.497 e. The number of hydrazine groups is 1. The minimum atomic E-state index is -0.737. The van der Waals surface area contributed by atoms with Crippen LogP contribution in [0.3, 0.4) is 0 Å². The van der Waals surface area contributed by atoms with Crippen molar-refractivity contribution in [1.29, 1.82) is 0 Å². The van der Waals surface area contributed by atoms with Gasteiger partial charge in [0.1, 0.15) is 36.6 Å². The van der Waals surface area contributed by atoms with E-state index in [0.29, 0.717) is 84.3 Å². The summed E-state index contributed by atoms with van der Waals surface area (Å²) in [6.07, 6.45) is 5.04. The van der Waals surface area contributed by atoms with Crippen molar-refractivity contribution < 1.29 is 33.3 Å². The number of methoxy groups -OCH3 is 2. The molecular weight excluding hydrogens is 626 g/mol. The van der Waals surface area contributed by atoms with Crippen molar-refractivity contribution in [3.63, 3.8) is 0 Å². The topological polar surface area (TPSA) is 150 Å². The lowest BCUT2D eigenvalue weighted by Gasteiger charge is -2.45. The molecule has 2 aliphatic heterocycles. The van der Waals surface area contributed by atoms with Crippen molar-refractivity contribution in [2.75, 3.05) is 41.0 Å². The molecule has 13 heteroatoms. The molecule has 254 valence electrons. The highest BCUT2D eigenvalue weighted by Gasteiger charge is 2.46. The first-order valence-corrected chi connectivity index (χ1v) is 16.4. The molecule has 3 aliphatic rings. The van der Waals surface area contributed by atoms with Crippen LogP contribution < -0.4 is 25.8 Å². The van der Waals surface area contributed by atoms with Crippen LogP contribution in [0.4, 0.5) is 0 Å². The quantitative estimate of drug-likeness (QED) is 0.205. The number of hydrogen-bond acceptors (Lipinski definition) is 10. The summed E-state index contributed by atoms with van der Waals surface area (Å²) >= 11 is 6.72. The molecule has 5 rings (SSSR count). The second-order valence-electron chi connectivity index (χ2n) is 12.2. The Bertz CT molecular complexity index is 1520. The number of nitrogens with two attached hydrogens (primary N) is 2. The Balaban J connectivity index is 1.42. The molecular formula is C34H44ClN5O7. The average Bonchev–Trinajstić information content (AvgIpc) is 3.50. The number of carbonyl (C=O) groups excluding carboxylic acids is 3. The molecule has 12 nitrogen and oxygen atoms in total. The van der Waals surface area contributed by atoms with E-state index in [1.165, 1.54) is 5.01 Å². The van der Waals surface area contributed by atoms with Gasteiger partial charge in [-0.25, -0.2) is 5.84 Å². The Kier molecular flexibility index (Phi) is 11.0. The van der Waals surface area contributed by atoms with Gasteiger partial charge in [0.05, 0.1) is 31.8 Å². The maximum absolute atomic E-state index is 14.6. The van der Waals surface area contributed by atoms with Crippen molar-refractivity contribution in [1.82, 2.24) is 14.8 Å². The van der Waals surface area contributed by atoms with Crippen LogP contribution >= 0.6 is 11.6 Å².